The summed E-state index contributed by atoms with van der Waals surface area (Å²) in [5.41, 5.74) is 3.04. The molecule has 0 unspecified atom stereocenters. The maximum Gasteiger partial charge on any atom is 0.258 e. The summed E-state index contributed by atoms with van der Waals surface area (Å²) in [7, 11) is 0. The quantitative estimate of drug-likeness (QED) is 0.695. The van der Waals surface area contributed by atoms with E-state index in [1.807, 2.05) is 5.38 Å². The summed E-state index contributed by atoms with van der Waals surface area (Å²) in [6.45, 7) is 0. The molecule has 1 amide bonds. The zero-order valence-electron chi connectivity index (χ0n) is 13.5. The number of fused-ring (bicyclic) bond motifs is 1. The Labute approximate surface area is 153 Å². The summed E-state index contributed by atoms with van der Waals surface area (Å²) < 4.78 is 13.0. The van der Waals surface area contributed by atoms with Crippen LogP contribution in [0.3, 0.4) is 0 Å². The number of hydrogen-bond donors (Lipinski definition) is 1. The van der Waals surface area contributed by atoms with Crippen molar-refractivity contribution in [3.8, 4) is 0 Å². The fourth-order valence-corrected chi connectivity index (χ4v) is 5.07. The molecule has 3 nitrogen and oxygen atoms in total. The molecule has 2 heterocycles. The fraction of sp³-hybridized carbons (Fsp3) is 0.263. The van der Waals surface area contributed by atoms with Crippen LogP contribution in [0.15, 0.2) is 35.8 Å². The van der Waals surface area contributed by atoms with Crippen molar-refractivity contribution in [2.24, 2.45) is 0 Å². The second-order valence-electron chi connectivity index (χ2n) is 6.15. The molecule has 0 radical (unpaired) electrons. The summed E-state index contributed by atoms with van der Waals surface area (Å²) in [5, 5.41) is 5.50. The SMILES string of the molecule is O=C(Nc1ncc(Cc2ccc(F)cc2)s1)c1csc2c1CCCC2. The zero-order valence-corrected chi connectivity index (χ0v) is 15.2. The van der Waals surface area contributed by atoms with Crippen molar-refractivity contribution in [2.45, 2.75) is 32.1 Å². The van der Waals surface area contributed by atoms with Crippen LogP contribution in [0.2, 0.25) is 0 Å². The lowest BCUT2D eigenvalue weighted by Gasteiger charge is -2.12. The van der Waals surface area contributed by atoms with E-state index in [1.54, 1.807) is 29.7 Å². The number of aromatic nitrogens is 1. The van der Waals surface area contributed by atoms with E-state index in [-0.39, 0.29) is 11.7 Å². The maximum absolute atomic E-state index is 13.0. The number of anilines is 1. The smallest absolute Gasteiger partial charge is 0.258 e. The highest BCUT2D eigenvalue weighted by molar-refractivity contribution is 7.15. The highest BCUT2D eigenvalue weighted by atomic mass is 32.1. The summed E-state index contributed by atoms with van der Waals surface area (Å²) in [6, 6.07) is 6.45. The van der Waals surface area contributed by atoms with Gasteiger partial charge in [-0.25, -0.2) is 9.37 Å². The van der Waals surface area contributed by atoms with Gasteiger partial charge < -0.3 is 0 Å². The average Bonchev–Trinajstić information content (AvgIpc) is 3.23. The van der Waals surface area contributed by atoms with Crippen molar-refractivity contribution in [1.29, 1.82) is 0 Å². The second-order valence-corrected chi connectivity index (χ2v) is 8.23. The minimum absolute atomic E-state index is 0.0675. The van der Waals surface area contributed by atoms with Gasteiger partial charge in [0.05, 0.1) is 5.56 Å². The Morgan fingerprint density at radius 1 is 1.20 bits per heavy atom. The number of carbonyl (C=O) groups excluding carboxylic acids is 1. The van der Waals surface area contributed by atoms with Crippen molar-refractivity contribution >= 4 is 33.7 Å². The molecule has 25 heavy (non-hydrogen) atoms. The van der Waals surface area contributed by atoms with Crippen LogP contribution < -0.4 is 5.32 Å². The summed E-state index contributed by atoms with van der Waals surface area (Å²) in [6.07, 6.45) is 6.91. The number of hydrogen-bond acceptors (Lipinski definition) is 4. The Morgan fingerprint density at radius 3 is 2.84 bits per heavy atom. The van der Waals surface area contributed by atoms with E-state index in [9.17, 15) is 9.18 Å². The first-order valence-corrected chi connectivity index (χ1v) is 9.98. The van der Waals surface area contributed by atoms with Gasteiger partial charge in [-0.2, -0.15) is 0 Å². The highest BCUT2D eigenvalue weighted by Crippen LogP contribution is 2.31. The fourth-order valence-electron chi connectivity index (χ4n) is 3.10. The van der Waals surface area contributed by atoms with Gasteiger partial charge in [0, 0.05) is 27.8 Å². The number of nitrogens with one attached hydrogen (secondary N) is 1. The molecule has 0 fully saturated rings. The monoisotopic (exact) mass is 372 g/mol. The van der Waals surface area contributed by atoms with E-state index in [2.05, 4.69) is 10.3 Å². The zero-order chi connectivity index (χ0) is 17.2. The van der Waals surface area contributed by atoms with Crippen LogP contribution in [0.1, 0.15) is 44.1 Å². The average molecular weight is 372 g/mol. The molecule has 4 rings (SSSR count). The summed E-state index contributed by atoms with van der Waals surface area (Å²) >= 11 is 3.15. The number of thiazole rings is 1. The molecule has 0 aliphatic heterocycles. The van der Waals surface area contributed by atoms with Crippen LogP contribution >= 0.6 is 22.7 Å². The molecule has 2 aromatic heterocycles. The molecule has 1 aliphatic carbocycles. The standard InChI is InChI=1S/C19H17FN2OS2/c20-13-7-5-12(6-8-13)9-14-10-21-19(25-14)22-18(23)16-11-24-17-4-2-1-3-15(16)17/h5-8,10-11H,1-4,9H2,(H,21,22,23). The Bertz CT molecular complexity index is 899. The van der Waals surface area contributed by atoms with Crippen molar-refractivity contribution in [3.63, 3.8) is 0 Å². The van der Waals surface area contributed by atoms with Gasteiger partial charge in [-0.05, 0) is 48.9 Å². The minimum Gasteiger partial charge on any atom is -0.298 e. The van der Waals surface area contributed by atoms with E-state index in [4.69, 9.17) is 0 Å². The third kappa shape index (κ3) is 3.65. The molecule has 128 valence electrons. The maximum atomic E-state index is 13.0. The summed E-state index contributed by atoms with van der Waals surface area (Å²) in [5.74, 6) is -0.304. The molecule has 0 saturated carbocycles. The van der Waals surface area contributed by atoms with Gasteiger partial charge in [0.2, 0.25) is 0 Å². The number of aryl methyl sites for hydroxylation is 1. The number of nitrogens with zero attached hydrogens (tertiary/aromatic N) is 1. The van der Waals surface area contributed by atoms with E-state index in [0.717, 1.165) is 35.3 Å². The molecular weight excluding hydrogens is 355 g/mol. The molecule has 0 atom stereocenters. The van der Waals surface area contributed by atoms with Crippen LogP contribution in [-0.4, -0.2) is 10.9 Å². The van der Waals surface area contributed by atoms with Gasteiger partial charge in [0.25, 0.3) is 5.91 Å². The topological polar surface area (TPSA) is 42.0 Å². The molecule has 1 aliphatic rings. The third-order valence-corrected chi connectivity index (χ3v) is 6.37. The second kappa shape index (κ2) is 7.06. The number of carbonyl (C=O) groups is 1. The normalized spacial score (nSPS) is 13.5. The van der Waals surface area contributed by atoms with Crippen molar-refractivity contribution in [1.82, 2.24) is 4.98 Å². The van der Waals surface area contributed by atoms with Crippen LogP contribution in [0, 0.1) is 5.82 Å². The minimum atomic E-state index is -0.236. The van der Waals surface area contributed by atoms with Gasteiger partial charge >= 0.3 is 0 Å². The number of benzene rings is 1. The Morgan fingerprint density at radius 2 is 2.00 bits per heavy atom. The van der Waals surface area contributed by atoms with Crippen LogP contribution in [-0.2, 0) is 19.3 Å². The molecule has 0 spiro atoms. The lowest BCUT2D eigenvalue weighted by atomic mass is 9.96. The van der Waals surface area contributed by atoms with Crippen LogP contribution in [0.4, 0.5) is 9.52 Å². The molecule has 1 N–H and O–H groups in total. The van der Waals surface area contributed by atoms with Gasteiger partial charge in [-0.1, -0.05) is 12.1 Å². The first-order valence-electron chi connectivity index (χ1n) is 8.29. The predicted octanol–water partition coefficient (Wildman–Crippen LogP) is 5.07. The number of amides is 1. The molecule has 3 aromatic rings. The number of rotatable bonds is 4. The third-order valence-electron chi connectivity index (χ3n) is 4.37. The first kappa shape index (κ1) is 16.4. The predicted molar refractivity (Wildman–Crippen MR) is 100 cm³/mol. The van der Waals surface area contributed by atoms with Crippen LogP contribution in [0.5, 0.6) is 0 Å². The largest absolute Gasteiger partial charge is 0.298 e. The Hall–Kier alpha value is -2.05. The summed E-state index contributed by atoms with van der Waals surface area (Å²) in [4.78, 5) is 19.3. The molecular formula is C19H17FN2OS2. The number of halogens is 1. The van der Waals surface area contributed by atoms with E-state index >= 15 is 0 Å². The first-order chi connectivity index (χ1) is 12.2. The lowest BCUT2D eigenvalue weighted by Crippen LogP contribution is -2.14. The van der Waals surface area contributed by atoms with Gasteiger partial charge in [-0.15, -0.1) is 22.7 Å². The van der Waals surface area contributed by atoms with E-state index in [1.165, 1.54) is 40.3 Å². The van der Waals surface area contributed by atoms with Crippen molar-refractivity contribution in [2.75, 3.05) is 5.32 Å². The van der Waals surface area contributed by atoms with Gasteiger partial charge in [0.1, 0.15) is 5.82 Å². The van der Waals surface area contributed by atoms with Gasteiger partial charge in [0.15, 0.2) is 5.13 Å². The lowest BCUT2D eigenvalue weighted by molar-refractivity contribution is 0.102. The molecule has 6 heteroatoms. The van der Waals surface area contributed by atoms with Crippen molar-refractivity contribution in [3.05, 3.63) is 68.1 Å². The van der Waals surface area contributed by atoms with Crippen molar-refractivity contribution < 1.29 is 9.18 Å². The molecule has 0 saturated heterocycles. The number of thiophene rings is 1. The van der Waals surface area contributed by atoms with Gasteiger partial charge in [-0.3, -0.25) is 10.1 Å². The van der Waals surface area contributed by atoms with Crippen LogP contribution in [0.25, 0.3) is 0 Å². The molecule has 0 bridgehead atoms. The highest BCUT2D eigenvalue weighted by Gasteiger charge is 2.20. The molecule has 1 aromatic carbocycles. The van der Waals surface area contributed by atoms with E-state index < -0.39 is 0 Å². The Balaban J connectivity index is 1.45. The Kier molecular flexibility index (Phi) is 4.63. The van der Waals surface area contributed by atoms with E-state index in [0.29, 0.717) is 11.6 Å².